The molecule has 4 heterocycles. The van der Waals surface area contributed by atoms with Gasteiger partial charge in [0.2, 0.25) is 5.89 Å². The van der Waals surface area contributed by atoms with Crippen molar-refractivity contribution in [2.24, 2.45) is 0 Å². The standard InChI is InChI=1S/C20H20ClN5O2S/c1-3-14-18(21)17-13(10-4-12(27)5-10)6-11(22-19(17)24-14)7-16-23-15(8-29-16)20-26-25-9(2)28-20/h6,8,10,12,27H,3-5,7H2,1-2H3,(H,22,24). The first-order valence-corrected chi connectivity index (χ1v) is 10.9. The Morgan fingerprint density at radius 1 is 1.31 bits per heavy atom. The van der Waals surface area contributed by atoms with Crippen molar-refractivity contribution >= 4 is 34.0 Å². The van der Waals surface area contributed by atoms with Gasteiger partial charge in [-0.05, 0) is 36.8 Å². The zero-order chi connectivity index (χ0) is 20.1. The van der Waals surface area contributed by atoms with Crippen LogP contribution in [-0.2, 0) is 12.8 Å². The van der Waals surface area contributed by atoms with Crippen LogP contribution in [-0.4, -0.2) is 36.4 Å². The van der Waals surface area contributed by atoms with E-state index in [1.165, 1.54) is 5.56 Å². The van der Waals surface area contributed by atoms with E-state index in [0.717, 1.165) is 51.7 Å². The molecule has 0 saturated heterocycles. The minimum atomic E-state index is -0.227. The van der Waals surface area contributed by atoms with Gasteiger partial charge in [0.15, 0.2) is 0 Å². The lowest BCUT2D eigenvalue weighted by Gasteiger charge is -2.32. The topological polar surface area (TPSA) is 101 Å². The van der Waals surface area contributed by atoms with Crippen LogP contribution in [0.5, 0.6) is 0 Å². The summed E-state index contributed by atoms with van der Waals surface area (Å²) in [6.07, 6.45) is 2.72. The highest BCUT2D eigenvalue weighted by Gasteiger charge is 2.31. The van der Waals surface area contributed by atoms with Gasteiger partial charge in [0, 0.05) is 35.5 Å². The molecule has 0 amide bonds. The molecular weight excluding hydrogens is 410 g/mol. The van der Waals surface area contributed by atoms with E-state index in [-0.39, 0.29) is 6.10 Å². The number of hydrogen-bond donors (Lipinski definition) is 2. The first-order chi connectivity index (χ1) is 14.0. The van der Waals surface area contributed by atoms with Gasteiger partial charge in [0.05, 0.1) is 16.1 Å². The van der Waals surface area contributed by atoms with E-state index in [4.69, 9.17) is 21.0 Å². The molecule has 1 saturated carbocycles. The molecule has 1 fully saturated rings. The molecule has 5 rings (SSSR count). The van der Waals surface area contributed by atoms with Gasteiger partial charge < -0.3 is 14.5 Å². The van der Waals surface area contributed by atoms with Crippen molar-refractivity contribution in [3.63, 3.8) is 0 Å². The summed E-state index contributed by atoms with van der Waals surface area (Å²) in [5.41, 5.74) is 4.59. The smallest absolute Gasteiger partial charge is 0.267 e. The highest BCUT2D eigenvalue weighted by atomic mass is 35.5. The lowest BCUT2D eigenvalue weighted by Crippen LogP contribution is -2.26. The number of fused-ring (bicyclic) bond motifs is 1. The number of thiazole rings is 1. The lowest BCUT2D eigenvalue weighted by atomic mass is 9.76. The van der Waals surface area contributed by atoms with E-state index in [1.807, 2.05) is 5.38 Å². The second-order valence-electron chi connectivity index (χ2n) is 7.45. The summed E-state index contributed by atoms with van der Waals surface area (Å²) >= 11 is 8.19. The average molecular weight is 430 g/mol. The summed E-state index contributed by atoms with van der Waals surface area (Å²) in [5.74, 6) is 1.26. The van der Waals surface area contributed by atoms with E-state index in [9.17, 15) is 5.11 Å². The van der Waals surface area contributed by atoms with Crippen LogP contribution in [0.4, 0.5) is 0 Å². The highest BCUT2D eigenvalue weighted by molar-refractivity contribution is 7.10. The van der Waals surface area contributed by atoms with Crippen LogP contribution < -0.4 is 0 Å². The van der Waals surface area contributed by atoms with Crippen molar-refractivity contribution in [3.8, 4) is 11.6 Å². The van der Waals surface area contributed by atoms with Gasteiger partial charge in [-0.3, -0.25) is 0 Å². The number of hydrogen-bond acceptors (Lipinski definition) is 7. The maximum absolute atomic E-state index is 9.80. The van der Waals surface area contributed by atoms with Gasteiger partial charge in [-0.25, -0.2) is 9.97 Å². The Hall–Kier alpha value is -2.29. The number of aromatic nitrogens is 5. The van der Waals surface area contributed by atoms with Gasteiger partial charge >= 0.3 is 0 Å². The minimum absolute atomic E-state index is 0.227. The third-order valence-corrected chi connectivity index (χ3v) is 6.66. The SMILES string of the molecule is CCc1[nH]c2nc(Cc3nc(-c4nnc(C)o4)cs3)cc(C3CC(O)C3)c2c1Cl. The number of H-pyrrole nitrogens is 1. The second-order valence-corrected chi connectivity index (χ2v) is 8.77. The Kier molecular flexibility index (Phi) is 4.64. The molecule has 0 aliphatic heterocycles. The monoisotopic (exact) mass is 429 g/mol. The molecule has 0 unspecified atom stereocenters. The van der Waals surface area contributed by atoms with E-state index in [1.54, 1.807) is 18.3 Å². The molecule has 0 spiro atoms. The Labute approximate surface area is 176 Å². The van der Waals surface area contributed by atoms with Crippen LogP contribution in [0.1, 0.15) is 53.5 Å². The highest BCUT2D eigenvalue weighted by Crippen LogP contribution is 2.43. The quantitative estimate of drug-likeness (QED) is 0.487. The van der Waals surface area contributed by atoms with Crippen molar-refractivity contribution in [2.75, 3.05) is 0 Å². The number of halogens is 1. The maximum Gasteiger partial charge on any atom is 0.267 e. The maximum atomic E-state index is 9.80. The summed E-state index contributed by atoms with van der Waals surface area (Å²) in [4.78, 5) is 12.8. The van der Waals surface area contributed by atoms with Gasteiger partial charge in [-0.2, -0.15) is 0 Å². The Bertz CT molecular complexity index is 1190. The number of nitrogens with one attached hydrogen (secondary N) is 1. The van der Waals surface area contributed by atoms with E-state index < -0.39 is 0 Å². The van der Waals surface area contributed by atoms with Gasteiger partial charge in [-0.15, -0.1) is 21.5 Å². The van der Waals surface area contributed by atoms with E-state index >= 15 is 0 Å². The lowest BCUT2D eigenvalue weighted by molar-refractivity contribution is 0.0751. The zero-order valence-corrected chi connectivity index (χ0v) is 17.6. The molecule has 2 N–H and O–H groups in total. The summed E-state index contributed by atoms with van der Waals surface area (Å²) in [7, 11) is 0. The Balaban J connectivity index is 1.51. The molecule has 9 heteroatoms. The molecule has 0 radical (unpaired) electrons. The molecule has 1 aliphatic rings. The second kappa shape index (κ2) is 7.19. The molecule has 0 aromatic carbocycles. The predicted molar refractivity (Wildman–Crippen MR) is 111 cm³/mol. The predicted octanol–water partition coefficient (Wildman–Crippen LogP) is 4.42. The third kappa shape index (κ3) is 3.35. The number of rotatable bonds is 5. The first-order valence-electron chi connectivity index (χ1n) is 9.64. The largest absolute Gasteiger partial charge is 0.420 e. The normalized spacial score (nSPS) is 19.0. The average Bonchev–Trinajstić information content (AvgIpc) is 3.38. The molecule has 7 nitrogen and oxygen atoms in total. The first kappa shape index (κ1) is 18.7. The number of pyridine rings is 1. The molecule has 29 heavy (non-hydrogen) atoms. The van der Waals surface area contributed by atoms with Crippen LogP contribution in [0, 0.1) is 6.92 Å². The van der Waals surface area contributed by atoms with Gasteiger partial charge in [-0.1, -0.05) is 18.5 Å². The summed E-state index contributed by atoms with van der Waals surface area (Å²) in [6, 6.07) is 2.12. The van der Waals surface area contributed by atoms with Crippen LogP contribution in [0.2, 0.25) is 5.02 Å². The van der Waals surface area contributed by atoms with E-state index in [0.29, 0.717) is 29.8 Å². The fraction of sp³-hybridized carbons (Fsp3) is 0.400. The van der Waals surface area contributed by atoms with Crippen molar-refractivity contribution in [3.05, 3.63) is 44.3 Å². The van der Waals surface area contributed by atoms with Gasteiger partial charge in [0.25, 0.3) is 5.89 Å². The summed E-state index contributed by atoms with van der Waals surface area (Å²) in [5, 5.41) is 22.3. The summed E-state index contributed by atoms with van der Waals surface area (Å²) < 4.78 is 5.46. The van der Waals surface area contributed by atoms with Crippen LogP contribution in [0.15, 0.2) is 15.9 Å². The minimum Gasteiger partial charge on any atom is -0.420 e. The number of aliphatic hydroxyl groups excluding tert-OH is 1. The van der Waals surface area contributed by atoms with Crippen molar-refractivity contribution < 1.29 is 9.52 Å². The van der Waals surface area contributed by atoms with Crippen molar-refractivity contribution in [1.82, 2.24) is 25.1 Å². The molecular formula is C20H20ClN5O2S. The zero-order valence-electron chi connectivity index (χ0n) is 16.1. The summed E-state index contributed by atoms with van der Waals surface area (Å²) in [6.45, 7) is 3.83. The molecule has 1 aliphatic carbocycles. The van der Waals surface area contributed by atoms with Crippen LogP contribution in [0.25, 0.3) is 22.6 Å². The Morgan fingerprint density at radius 2 is 2.14 bits per heavy atom. The molecule has 4 aromatic heterocycles. The molecule has 0 atom stereocenters. The fourth-order valence-corrected chi connectivity index (χ4v) is 5.00. The third-order valence-electron chi connectivity index (χ3n) is 5.39. The van der Waals surface area contributed by atoms with Crippen LogP contribution >= 0.6 is 22.9 Å². The van der Waals surface area contributed by atoms with Gasteiger partial charge in [0.1, 0.15) is 11.3 Å². The van der Waals surface area contributed by atoms with Crippen molar-refractivity contribution in [2.45, 2.75) is 51.6 Å². The number of aliphatic hydroxyl groups is 1. The van der Waals surface area contributed by atoms with Crippen molar-refractivity contribution in [1.29, 1.82) is 0 Å². The molecule has 0 bridgehead atoms. The fourth-order valence-electron chi connectivity index (χ4n) is 3.83. The van der Waals surface area contributed by atoms with E-state index in [2.05, 4.69) is 33.2 Å². The number of aromatic amines is 1. The van der Waals surface area contributed by atoms with Crippen LogP contribution in [0.3, 0.4) is 0 Å². The number of nitrogens with zero attached hydrogens (tertiary/aromatic N) is 4. The number of aryl methyl sites for hydroxylation is 2. The molecule has 150 valence electrons. The Morgan fingerprint density at radius 3 is 2.83 bits per heavy atom. The molecule has 4 aromatic rings.